The van der Waals surface area contributed by atoms with Gasteiger partial charge in [0.1, 0.15) is 0 Å². The molecule has 0 aliphatic carbocycles. The lowest BCUT2D eigenvalue weighted by molar-refractivity contribution is 0.398. The quantitative estimate of drug-likeness (QED) is 0.835. The van der Waals surface area contributed by atoms with Gasteiger partial charge < -0.3 is 4.90 Å². The summed E-state index contributed by atoms with van der Waals surface area (Å²) in [6, 6.07) is 7.53. The van der Waals surface area contributed by atoms with Crippen LogP contribution in [0.2, 0.25) is 0 Å². The van der Waals surface area contributed by atoms with E-state index in [1.165, 1.54) is 0 Å². The summed E-state index contributed by atoms with van der Waals surface area (Å²) in [5.41, 5.74) is 1.84. The highest BCUT2D eigenvalue weighted by Crippen LogP contribution is 2.20. The van der Waals surface area contributed by atoms with Crippen molar-refractivity contribution < 1.29 is 12.8 Å². The number of nitrogens with one attached hydrogen (secondary N) is 1. The Hall–Kier alpha value is -2.06. The fraction of sp³-hybridized carbons (Fsp3) is 0.444. The van der Waals surface area contributed by atoms with Gasteiger partial charge in [0.2, 0.25) is 16.0 Å². The van der Waals surface area contributed by atoms with E-state index in [0.717, 1.165) is 49.5 Å². The van der Waals surface area contributed by atoms with E-state index in [0.29, 0.717) is 12.5 Å². The first-order chi connectivity index (χ1) is 12.4. The number of piperidine rings is 1. The molecule has 140 valence electrons. The van der Waals surface area contributed by atoms with Crippen LogP contribution in [0.15, 0.2) is 36.7 Å². The van der Waals surface area contributed by atoms with Crippen LogP contribution in [0.1, 0.15) is 24.0 Å². The third-order valence-electron chi connectivity index (χ3n) is 4.54. The normalized spacial score (nSPS) is 16.0. The SMILES string of the molecule is Cc1cccc(CS(=O)(=O)NCC2CCN(c3ncc(F)cn3)CC2)c1. The molecule has 0 unspecified atom stereocenters. The van der Waals surface area contributed by atoms with Gasteiger partial charge in [-0.25, -0.2) is 27.5 Å². The fourth-order valence-electron chi connectivity index (χ4n) is 3.12. The summed E-state index contributed by atoms with van der Waals surface area (Å²) >= 11 is 0. The Morgan fingerprint density at radius 1 is 1.23 bits per heavy atom. The van der Waals surface area contributed by atoms with Gasteiger partial charge in [-0.15, -0.1) is 0 Å². The lowest BCUT2D eigenvalue weighted by Gasteiger charge is -2.31. The summed E-state index contributed by atoms with van der Waals surface area (Å²) in [5, 5.41) is 0. The van der Waals surface area contributed by atoms with E-state index < -0.39 is 15.8 Å². The Morgan fingerprint density at radius 2 is 1.92 bits per heavy atom. The molecular weight excluding hydrogens is 355 g/mol. The van der Waals surface area contributed by atoms with Crippen LogP contribution in [-0.2, 0) is 15.8 Å². The second-order valence-corrected chi connectivity index (χ2v) is 8.54. The van der Waals surface area contributed by atoms with Crippen LogP contribution in [0.25, 0.3) is 0 Å². The first kappa shape index (κ1) is 18.7. The van der Waals surface area contributed by atoms with Crippen molar-refractivity contribution in [1.29, 1.82) is 0 Å². The molecule has 2 heterocycles. The molecular formula is C18H23FN4O2S. The third kappa shape index (κ3) is 5.22. The molecule has 0 saturated carbocycles. The standard InChI is InChI=1S/C18H23FN4O2S/c1-14-3-2-4-16(9-14)13-26(24,25)22-10-15-5-7-23(8-6-15)18-20-11-17(19)12-21-18/h2-4,9,11-12,15,22H,5-8,10,13H2,1H3. The Morgan fingerprint density at radius 3 is 2.58 bits per heavy atom. The van der Waals surface area contributed by atoms with Crippen molar-refractivity contribution in [1.82, 2.24) is 14.7 Å². The summed E-state index contributed by atoms with van der Waals surface area (Å²) in [7, 11) is -3.35. The minimum absolute atomic E-state index is 0.00303. The molecule has 0 radical (unpaired) electrons. The van der Waals surface area contributed by atoms with Gasteiger partial charge in [0.25, 0.3) is 0 Å². The number of anilines is 1. The van der Waals surface area contributed by atoms with Gasteiger partial charge in [0.15, 0.2) is 5.82 Å². The number of rotatable bonds is 6. The minimum Gasteiger partial charge on any atom is -0.341 e. The molecule has 0 spiro atoms. The molecule has 1 aromatic heterocycles. The van der Waals surface area contributed by atoms with Gasteiger partial charge in [0.05, 0.1) is 18.1 Å². The zero-order chi connectivity index (χ0) is 18.6. The Kier molecular flexibility index (Phi) is 5.83. The number of nitrogens with zero attached hydrogens (tertiary/aromatic N) is 3. The number of hydrogen-bond donors (Lipinski definition) is 1. The van der Waals surface area contributed by atoms with Crippen molar-refractivity contribution in [3.05, 3.63) is 53.6 Å². The smallest absolute Gasteiger partial charge is 0.225 e. The monoisotopic (exact) mass is 378 g/mol. The van der Waals surface area contributed by atoms with Crippen LogP contribution in [0.4, 0.5) is 10.3 Å². The van der Waals surface area contributed by atoms with E-state index in [1.807, 2.05) is 36.1 Å². The highest BCUT2D eigenvalue weighted by atomic mass is 32.2. The first-order valence-corrected chi connectivity index (χ1v) is 10.3. The molecule has 3 rings (SSSR count). The van der Waals surface area contributed by atoms with E-state index in [2.05, 4.69) is 14.7 Å². The highest BCUT2D eigenvalue weighted by molar-refractivity contribution is 7.88. The summed E-state index contributed by atoms with van der Waals surface area (Å²) < 4.78 is 40.2. The van der Waals surface area contributed by atoms with Crippen LogP contribution in [-0.4, -0.2) is 38.0 Å². The maximum absolute atomic E-state index is 12.9. The molecule has 1 N–H and O–H groups in total. The molecule has 6 nitrogen and oxygen atoms in total. The Bertz CT molecular complexity index is 835. The van der Waals surface area contributed by atoms with E-state index in [9.17, 15) is 12.8 Å². The van der Waals surface area contributed by atoms with Crippen LogP contribution >= 0.6 is 0 Å². The maximum Gasteiger partial charge on any atom is 0.225 e. The predicted octanol–water partition coefficient (Wildman–Crippen LogP) is 2.26. The van der Waals surface area contributed by atoms with Crippen LogP contribution in [0.3, 0.4) is 0 Å². The lowest BCUT2D eigenvalue weighted by Crippen LogP contribution is -2.39. The molecule has 0 bridgehead atoms. The molecule has 26 heavy (non-hydrogen) atoms. The van der Waals surface area contributed by atoms with Crippen molar-refractivity contribution in [2.24, 2.45) is 5.92 Å². The van der Waals surface area contributed by atoms with Crippen molar-refractivity contribution in [3.8, 4) is 0 Å². The van der Waals surface area contributed by atoms with Crippen LogP contribution < -0.4 is 9.62 Å². The fourth-order valence-corrected chi connectivity index (χ4v) is 4.33. The zero-order valence-corrected chi connectivity index (χ0v) is 15.5. The molecule has 8 heteroatoms. The number of aromatic nitrogens is 2. The molecule has 0 atom stereocenters. The number of benzene rings is 1. The van der Waals surface area contributed by atoms with Gasteiger partial charge in [-0.2, -0.15) is 0 Å². The molecule has 1 aliphatic heterocycles. The summed E-state index contributed by atoms with van der Waals surface area (Å²) in [6.45, 7) is 3.85. The molecule has 2 aromatic rings. The van der Waals surface area contributed by atoms with Crippen molar-refractivity contribution in [2.75, 3.05) is 24.5 Å². The van der Waals surface area contributed by atoms with Gasteiger partial charge in [-0.05, 0) is 31.2 Å². The van der Waals surface area contributed by atoms with Crippen LogP contribution in [0, 0.1) is 18.7 Å². The summed E-state index contributed by atoms with van der Waals surface area (Å²) in [5.74, 6) is 0.340. The van der Waals surface area contributed by atoms with Crippen LogP contribution in [0.5, 0.6) is 0 Å². The molecule has 1 aliphatic rings. The zero-order valence-electron chi connectivity index (χ0n) is 14.7. The van der Waals surface area contributed by atoms with Crippen molar-refractivity contribution in [3.63, 3.8) is 0 Å². The number of sulfonamides is 1. The number of hydrogen-bond acceptors (Lipinski definition) is 5. The van der Waals surface area contributed by atoms with E-state index in [-0.39, 0.29) is 11.7 Å². The topological polar surface area (TPSA) is 75.2 Å². The van der Waals surface area contributed by atoms with Crippen molar-refractivity contribution >= 4 is 16.0 Å². The average Bonchev–Trinajstić information content (AvgIpc) is 2.61. The molecule has 1 aromatic carbocycles. The molecule has 1 fully saturated rings. The lowest BCUT2D eigenvalue weighted by atomic mass is 9.97. The predicted molar refractivity (Wildman–Crippen MR) is 98.7 cm³/mol. The maximum atomic E-state index is 12.9. The number of halogens is 1. The average molecular weight is 378 g/mol. The van der Waals surface area contributed by atoms with Gasteiger partial charge in [-0.3, -0.25) is 0 Å². The Labute approximate surface area is 153 Å². The third-order valence-corrected chi connectivity index (χ3v) is 5.86. The highest BCUT2D eigenvalue weighted by Gasteiger charge is 2.22. The second kappa shape index (κ2) is 8.09. The summed E-state index contributed by atoms with van der Waals surface area (Å²) in [4.78, 5) is 9.99. The molecule has 0 amide bonds. The van der Waals surface area contributed by atoms with E-state index in [1.54, 1.807) is 0 Å². The van der Waals surface area contributed by atoms with E-state index in [4.69, 9.17) is 0 Å². The number of aryl methyl sites for hydroxylation is 1. The molecule has 1 saturated heterocycles. The Balaban J connectivity index is 1.47. The second-order valence-electron chi connectivity index (χ2n) is 6.73. The first-order valence-electron chi connectivity index (χ1n) is 8.67. The van der Waals surface area contributed by atoms with Gasteiger partial charge in [0, 0.05) is 19.6 Å². The summed E-state index contributed by atoms with van der Waals surface area (Å²) in [6.07, 6.45) is 4.00. The van der Waals surface area contributed by atoms with E-state index >= 15 is 0 Å². The van der Waals surface area contributed by atoms with Gasteiger partial charge in [-0.1, -0.05) is 29.8 Å². The minimum atomic E-state index is -3.35. The largest absolute Gasteiger partial charge is 0.341 e. The van der Waals surface area contributed by atoms with Crippen molar-refractivity contribution in [2.45, 2.75) is 25.5 Å². The van der Waals surface area contributed by atoms with Gasteiger partial charge >= 0.3 is 0 Å².